The molecule has 5 rings (SSSR count). The number of nitrogens with one attached hydrogen (secondary N) is 1. The van der Waals surface area contributed by atoms with E-state index in [1.807, 2.05) is 49.4 Å². The molecule has 3 aromatic rings. The van der Waals surface area contributed by atoms with Crippen LogP contribution in [0.3, 0.4) is 0 Å². The Labute approximate surface area is 212 Å². The summed E-state index contributed by atoms with van der Waals surface area (Å²) in [6, 6.07) is 19.4. The zero-order valence-electron chi connectivity index (χ0n) is 20.9. The third-order valence-corrected chi connectivity index (χ3v) is 7.18. The first-order chi connectivity index (χ1) is 17.2. The van der Waals surface area contributed by atoms with Crippen LogP contribution in [-0.2, 0) is 16.6 Å². The summed E-state index contributed by atoms with van der Waals surface area (Å²) in [5.41, 5.74) is 4.50. The Bertz CT molecular complexity index is 1330. The number of hydrogen-bond donors (Lipinski definition) is 2. The summed E-state index contributed by atoms with van der Waals surface area (Å²) < 4.78 is 10.9. The number of benzene rings is 3. The SMILES string of the molecule is Cc1ccc(CC(=O)C2(c3ccc4c(c3)OCO4)CC2)cc1-c1ccc(C(=O)NC(C)(C)CO)cc1.[HH]. The molecule has 1 aliphatic heterocycles. The van der Waals surface area contributed by atoms with E-state index in [9.17, 15) is 14.7 Å². The predicted octanol–water partition coefficient (Wildman–Crippen LogP) is 4.98. The maximum Gasteiger partial charge on any atom is 0.251 e. The first-order valence-corrected chi connectivity index (χ1v) is 12.3. The highest BCUT2D eigenvalue weighted by atomic mass is 16.7. The number of amides is 1. The zero-order chi connectivity index (χ0) is 25.5. The lowest BCUT2D eigenvalue weighted by molar-refractivity contribution is -0.120. The van der Waals surface area contributed by atoms with Gasteiger partial charge in [0.2, 0.25) is 6.79 Å². The van der Waals surface area contributed by atoms with E-state index >= 15 is 0 Å². The molecule has 6 heteroatoms. The van der Waals surface area contributed by atoms with Crippen molar-refractivity contribution in [3.05, 3.63) is 82.9 Å². The molecule has 0 spiro atoms. The predicted molar refractivity (Wildman–Crippen MR) is 140 cm³/mol. The number of ether oxygens (including phenoxy) is 2. The number of carbonyl (C=O) groups excluding carboxylic acids is 2. The third-order valence-electron chi connectivity index (χ3n) is 7.18. The van der Waals surface area contributed by atoms with Gasteiger partial charge in [0.15, 0.2) is 11.5 Å². The normalized spacial score (nSPS) is 15.4. The Kier molecular flexibility index (Phi) is 6.08. The van der Waals surface area contributed by atoms with Crippen LogP contribution in [0.4, 0.5) is 0 Å². The van der Waals surface area contributed by atoms with Gasteiger partial charge in [-0.1, -0.05) is 36.4 Å². The van der Waals surface area contributed by atoms with E-state index in [0.717, 1.165) is 46.4 Å². The molecule has 0 bridgehead atoms. The second-order valence-corrected chi connectivity index (χ2v) is 10.5. The van der Waals surface area contributed by atoms with Crippen LogP contribution >= 0.6 is 0 Å². The van der Waals surface area contributed by atoms with Crippen molar-refractivity contribution in [2.45, 2.75) is 51.0 Å². The molecule has 0 aromatic heterocycles. The van der Waals surface area contributed by atoms with Gasteiger partial charge in [-0.05, 0) is 85.7 Å². The summed E-state index contributed by atoms with van der Waals surface area (Å²) in [6.45, 7) is 5.66. The molecule has 1 fully saturated rings. The minimum absolute atomic E-state index is 0. The largest absolute Gasteiger partial charge is 0.454 e. The molecule has 3 aromatic carbocycles. The monoisotopic (exact) mass is 487 g/mol. The van der Waals surface area contributed by atoms with E-state index in [1.165, 1.54) is 0 Å². The first-order valence-electron chi connectivity index (χ1n) is 12.3. The fraction of sp³-hybridized carbons (Fsp3) is 0.333. The lowest BCUT2D eigenvalue weighted by Gasteiger charge is -2.23. The van der Waals surface area contributed by atoms with E-state index < -0.39 is 11.0 Å². The number of rotatable bonds is 8. The van der Waals surface area contributed by atoms with Crippen molar-refractivity contribution in [3.8, 4) is 22.6 Å². The van der Waals surface area contributed by atoms with Gasteiger partial charge in [0.05, 0.1) is 17.6 Å². The molecule has 0 radical (unpaired) electrons. The van der Waals surface area contributed by atoms with Gasteiger partial charge in [0, 0.05) is 13.4 Å². The van der Waals surface area contributed by atoms with Crippen LogP contribution < -0.4 is 14.8 Å². The van der Waals surface area contributed by atoms with Crippen molar-refractivity contribution < 1.29 is 25.6 Å². The molecular formula is C30H33NO5. The lowest BCUT2D eigenvalue weighted by atomic mass is 9.87. The van der Waals surface area contributed by atoms with Crippen LogP contribution in [0.1, 0.15) is 55.2 Å². The maximum atomic E-state index is 13.5. The summed E-state index contributed by atoms with van der Waals surface area (Å²) in [5, 5.41) is 12.2. The lowest BCUT2D eigenvalue weighted by Crippen LogP contribution is -2.46. The number of Topliss-reactive ketones (excluding diaryl/α,β-unsaturated/α-hetero) is 1. The summed E-state index contributed by atoms with van der Waals surface area (Å²) >= 11 is 0. The van der Waals surface area contributed by atoms with Crippen molar-refractivity contribution in [2.24, 2.45) is 0 Å². The van der Waals surface area contributed by atoms with Gasteiger partial charge in [0.1, 0.15) is 5.78 Å². The fourth-order valence-corrected chi connectivity index (χ4v) is 4.71. The molecule has 0 saturated heterocycles. The molecule has 2 aliphatic rings. The Balaban J connectivity index is 0.00000320. The summed E-state index contributed by atoms with van der Waals surface area (Å²) in [4.78, 5) is 26.0. The van der Waals surface area contributed by atoms with Gasteiger partial charge in [-0.15, -0.1) is 0 Å². The van der Waals surface area contributed by atoms with Gasteiger partial charge < -0.3 is 19.9 Å². The van der Waals surface area contributed by atoms with E-state index in [0.29, 0.717) is 17.7 Å². The third kappa shape index (κ3) is 4.61. The topological polar surface area (TPSA) is 84.9 Å². The van der Waals surface area contributed by atoms with E-state index in [2.05, 4.69) is 11.4 Å². The molecule has 0 unspecified atom stereocenters. The molecule has 1 heterocycles. The Morgan fingerprint density at radius 2 is 1.72 bits per heavy atom. The second-order valence-electron chi connectivity index (χ2n) is 10.5. The van der Waals surface area contributed by atoms with Gasteiger partial charge in [-0.3, -0.25) is 9.59 Å². The standard InChI is InChI=1S/C30H31NO5.H2/c1-19-4-5-20(14-24(19)21-6-8-22(9-7-21)28(34)31-29(2,3)17-32)15-27(33)30(12-13-30)23-10-11-25-26(16-23)36-18-35-25;/h4-11,14,16,32H,12-13,15,17-18H2,1-3H3,(H,31,34);1H. The first kappa shape index (κ1) is 24.1. The zero-order valence-corrected chi connectivity index (χ0v) is 20.9. The number of ketones is 1. The summed E-state index contributed by atoms with van der Waals surface area (Å²) in [7, 11) is 0. The van der Waals surface area contributed by atoms with Crippen molar-refractivity contribution in [1.82, 2.24) is 5.32 Å². The Hall–Kier alpha value is -3.64. The molecule has 1 saturated carbocycles. The van der Waals surface area contributed by atoms with Crippen molar-refractivity contribution in [3.63, 3.8) is 0 Å². The van der Waals surface area contributed by atoms with Crippen LogP contribution in [0.15, 0.2) is 60.7 Å². The van der Waals surface area contributed by atoms with E-state index in [4.69, 9.17) is 9.47 Å². The van der Waals surface area contributed by atoms with Gasteiger partial charge in [0.25, 0.3) is 5.91 Å². The van der Waals surface area contributed by atoms with Gasteiger partial charge >= 0.3 is 0 Å². The molecule has 1 aliphatic carbocycles. The highest BCUT2D eigenvalue weighted by Crippen LogP contribution is 2.51. The number of carbonyl (C=O) groups is 2. The van der Waals surface area contributed by atoms with E-state index in [-0.39, 0.29) is 26.5 Å². The van der Waals surface area contributed by atoms with Crippen molar-refractivity contribution >= 4 is 11.7 Å². The molecule has 36 heavy (non-hydrogen) atoms. The maximum absolute atomic E-state index is 13.5. The smallest absolute Gasteiger partial charge is 0.251 e. The average molecular weight is 488 g/mol. The molecule has 2 N–H and O–H groups in total. The second kappa shape index (κ2) is 9.10. The minimum Gasteiger partial charge on any atom is -0.454 e. The summed E-state index contributed by atoms with van der Waals surface area (Å²) in [5.74, 6) is 1.43. The van der Waals surface area contributed by atoms with Crippen molar-refractivity contribution in [1.29, 1.82) is 0 Å². The van der Waals surface area contributed by atoms with Gasteiger partial charge in [-0.25, -0.2) is 0 Å². The van der Waals surface area contributed by atoms with Gasteiger partial charge in [-0.2, -0.15) is 0 Å². The molecule has 6 nitrogen and oxygen atoms in total. The number of aliphatic hydroxyl groups excluding tert-OH is 1. The minimum atomic E-state index is -0.688. The fourth-order valence-electron chi connectivity index (χ4n) is 4.71. The van der Waals surface area contributed by atoms with Crippen LogP contribution in [0, 0.1) is 6.92 Å². The Morgan fingerprint density at radius 1 is 1.00 bits per heavy atom. The quantitative estimate of drug-likeness (QED) is 0.468. The summed E-state index contributed by atoms with van der Waals surface area (Å²) in [6.07, 6.45) is 2.06. The highest BCUT2D eigenvalue weighted by Gasteiger charge is 2.50. The molecule has 1 amide bonds. The number of aryl methyl sites for hydroxylation is 1. The molecular weight excluding hydrogens is 454 g/mol. The van der Waals surface area contributed by atoms with Crippen LogP contribution in [-0.4, -0.2) is 35.7 Å². The average Bonchev–Trinajstić information content (AvgIpc) is 3.56. The molecule has 0 atom stereocenters. The number of fused-ring (bicyclic) bond motifs is 1. The Morgan fingerprint density at radius 3 is 2.42 bits per heavy atom. The highest BCUT2D eigenvalue weighted by molar-refractivity contribution is 5.96. The van der Waals surface area contributed by atoms with Crippen molar-refractivity contribution in [2.75, 3.05) is 13.4 Å². The van der Waals surface area contributed by atoms with Crippen LogP contribution in [0.5, 0.6) is 11.5 Å². The number of hydrogen-bond acceptors (Lipinski definition) is 5. The van der Waals surface area contributed by atoms with E-state index in [1.54, 1.807) is 26.0 Å². The number of aliphatic hydroxyl groups is 1. The van der Waals surface area contributed by atoms with Crippen LogP contribution in [0.25, 0.3) is 11.1 Å². The molecule has 188 valence electrons. The van der Waals surface area contributed by atoms with Crippen LogP contribution in [0.2, 0.25) is 0 Å².